The molecule has 0 amide bonds. The smallest absolute Gasteiger partial charge is 0.127 e. The van der Waals surface area contributed by atoms with Crippen molar-refractivity contribution in [2.24, 2.45) is 17.6 Å². The molecule has 0 spiro atoms. The minimum Gasteiger partial charge on any atom is -0.324 e. The van der Waals surface area contributed by atoms with Crippen LogP contribution in [0.3, 0.4) is 0 Å². The van der Waals surface area contributed by atoms with Crippen molar-refractivity contribution < 1.29 is 4.39 Å². The van der Waals surface area contributed by atoms with Crippen LogP contribution < -0.4 is 5.73 Å². The van der Waals surface area contributed by atoms with Crippen LogP contribution in [-0.2, 0) is 0 Å². The van der Waals surface area contributed by atoms with Crippen molar-refractivity contribution in [2.75, 3.05) is 0 Å². The summed E-state index contributed by atoms with van der Waals surface area (Å²) < 4.78 is 13.7. The highest BCUT2D eigenvalue weighted by Crippen LogP contribution is 2.37. The molecule has 1 fully saturated rings. The lowest BCUT2D eigenvalue weighted by molar-refractivity contribution is 0.237. The summed E-state index contributed by atoms with van der Waals surface area (Å²) >= 11 is 0. The Balaban J connectivity index is 2.02. The molecule has 17 heavy (non-hydrogen) atoms. The molecule has 94 valence electrons. The van der Waals surface area contributed by atoms with E-state index in [-0.39, 0.29) is 11.9 Å². The SMILES string of the molecule is CCC1CCC(C(N)c2ccccc2F)CC1. The summed E-state index contributed by atoms with van der Waals surface area (Å²) in [6, 6.07) is 6.79. The van der Waals surface area contributed by atoms with E-state index >= 15 is 0 Å². The van der Waals surface area contributed by atoms with Gasteiger partial charge in [-0.1, -0.05) is 44.4 Å². The Hall–Kier alpha value is -0.890. The average molecular weight is 235 g/mol. The first-order chi connectivity index (χ1) is 8.22. The molecule has 0 heterocycles. The van der Waals surface area contributed by atoms with Gasteiger partial charge in [0.05, 0.1) is 0 Å². The van der Waals surface area contributed by atoms with Gasteiger partial charge in [-0.3, -0.25) is 0 Å². The molecule has 1 aromatic carbocycles. The van der Waals surface area contributed by atoms with Gasteiger partial charge in [0.25, 0.3) is 0 Å². The van der Waals surface area contributed by atoms with E-state index in [0.717, 1.165) is 18.8 Å². The molecular weight excluding hydrogens is 213 g/mol. The fourth-order valence-electron chi connectivity index (χ4n) is 2.95. The molecule has 0 saturated heterocycles. The largest absolute Gasteiger partial charge is 0.324 e. The van der Waals surface area contributed by atoms with E-state index in [4.69, 9.17) is 5.73 Å². The van der Waals surface area contributed by atoms with Crippen LogP contribution >= 0.6 is 0 Å². The summed E-state index contributed by atoms with van der Waals surface area (Å²) in [7, 11) is 0. The first kappa shape index (κ1) is 12.6. The van der Waals surface area contributed by atoms with Gasteiger partial charge in [0.1, 0.15) is 5.82 Å². The molecular formula is C15H22FN. The molecule has 1 nitrogen and oxygen atoms in total. The van der Waals surface area contributed by atoms with E-state index in [1.165, 1.54) is 25.3 Å². The molecule has 2 N–H and O–H groups in total. The summed E-state index contributed by atoms with van der Waals surface area (Å²) in [5.41, 5.74) is 6.90. The molecule has 0 aromatic heterocycles. The highest BCUT2D eigenvalue weighted by atomic mass is 19.1. The average Bonchev–Trinajstić information content (AvgIpc) is 2.39. The van der Waals surface area contributed by atoms with E-state index in [9.17, 15) is 4.39 Å². The molecule has 2 heteroatoms. The number of nitrogens with two attached hydrogens (primary N) is 1. The van der Waals surface area contributed by atoms with Crippen LogP contribution in [0.5, 0.6) is 0 Å². The number of rotatable bonds is 3. The highest BCUT2D eigenvalue weighted by Gasteiger charge is 2.26. The zero-order valence-corrected chi connectivity index (χ0v) is 10.5. The van der Waals surface area contributed by atoms with Crippen molar-refractivity contribution in [1.29, 1.82) is 0 Å². The van der Waals surface area contributed by atoms with Crippen LogP contribution in [-0.4, -0.2) is 0 Å². The lowest BCUT2D eigenvalue weighted by atomic mass is 9.76. The Labute approximate surface area is 103 Å². The third-order valence-electron chi connectivity index (χ3n) is 4.24. The van der Waals surface area contributed by atoms with E-state index in [1.807, 2.05) is 12.1 Å². The minimum absolute atomic E-state index is 0.131. The number of hydrogen-bond acceptors (Lipinski definition) is 1. The molecule has 1 atom stereocenters. The Bertz CT molecular complexity index is 356. The summed E-state index contributed by atoms with van der Waals surface area (Å²) in [5, 5.41) is 0. The Morgan fingerprint density at radius 2 is 1.88 bits per heavy atom. The molecule has 0 bridgehead atoms. The first-order valence-corrected chi connectivity index (χ1v) is 6.72. The minimum atomic E-state index is -0.155. The van der Waals surface area contributed by atoms with Crippen molar-refractivity contribution in [2.45, 2.75) is 45.1 Å². The fraction of sp³-hybridized carbons (Fsp3) is 0.600. The standard InChI is InChI=1S/C15H22FN/c1-2-11-7-9-12(10-8-11)15(17)13-5-3-4-6-14(13)16/h3-6,11-12,15H,2,7-10,17H2,1H3. The molecule has 1 aliphatic rings. The third kappa shape index (κ3) is 2.86. The normalized spacial score (nSPS) is 26.8. The number of hydrogen-bond donors (Lipinski definition) is 1. The van der Waals surface area contributed by atoms with Crippen molar-refractivity contribution >= 4 is 0 Å². The van der Waals surface area contributed by atoms with Gasteiger partial charge in [0, 0.05) is 11.6 Å². The van der Waals surface area contributed by atoms with E-state index in [0.29, 0.717) is 11.5 Å². The summed E-state index contributed by atoms with van der Waals surface area (Å²) in [5.74, 6) is 1.16. The Kier molecular flexibility index (Phi) is 4.16. The lowest BCUT2D eigenvalue weighted by Crippen LogP contribution is -2.26. The van der Waals surface area contributed by atoms with Gasteiger partial charge < -0.3 is 5.73 Å². The molecule has 0 aliphatic heterocycles. The maximum atomic E-state index is 13.7. The van der Waals surface area contributed by atoms with E-state index in [1.54, 1.807) is 6.07 Å². The topological polar surface area (TPSA) is 26.0 Å². The van der Waals surface area contributed by atoms with Gasteiger partial charge in [-0.15, -0.1) is 0 Å². The van der Waals surface area contributed by atoms with E-state index < -0.39 is 0 Å². The molecule has 1 saturated carbocycles. The summed E-state index contributed by atoms with van der Waals surface area (Å²) in [4.78, 5) is 0. The highest BCUT2D eigenvalue weighted by molar-refractivity contribution is 5.21. The quantitative estimate of drug-likeness (QED) is 0.840. The maximum Gasteiger partial charge on any atom is 0.127 e. The van der Waals surface area contributed by atoms with Crippen LogP contribution in [0.25, 0.3) is 0 Å². The number of benzene rings is 1. The van der Waals surface area contributed by atoms with Crippen LogP contribution in [0.2, 0.25) is 0 Å². The molecule has 1 aromatic rings. The second-order valence-electron chi connectivity index (χ2n) is 5.24. The summed E-state index contributed by atoms with van der Waals surface area (Å²) in [6.45, 7) is 2.25. The lowest BCUT2D eigenvalue weighted by Gasteiger charge is -2.32. The molecule has 1 aliphatic carbocycles. The Morgan fingerprint density at radius 3 is 2.47 bits per heavy atom. The maximum absolute atomic E-state index is 13.7. The first-order valence-electron chi connectivity index (χ1n) is 6.72. The van der Waals surface area contributed by atoms with Crippen LogP contribution in [0.4, 0.5) is 4.39 Å². The van der Waals surface area contributed by atoms with Crippen LogP contribution in [0.1, 0.15) is 50.6 Å². The van der Waals surface area contributed by atoms with Gasteiger partial charge in [0.15, 0.2) is 0 Å². The van der Waals surface area contributed by atoms with Gasteiger partial charge in [-0.25, -0.2) is 4.39 Å². The van der Waals surface area contributed by atoms with Crippen molar-refractivity contribution in [3.05, 3.63) is 35.6 Å². The van der Waals surface area contributed by atoms with Crippen molar-refractivity contribution in [3.63, 3.8) is 0 Å². The second-order valence-corrected chi connectivity index (χ2v) is 5.24. The number of halogens is 1. The monoisotopic (exact) mass is 235 g/mol. The zero-order valence-electron chi connectivity index (χ0n) is 10.5. The zero-order chi connectivity index (χ0) is 12.3. The summed E-state index contributed by atoms with van der Waals surface area (Å²) in [6.07, 6.45) is 6.07. The molecule has 0 radical (unpaired) electrons. The fourth-order valence-corrected chi connectivity index (χ4v) is 2.95. The van der Waals surface area contributed by atoms with Crippen molar-refractivity contribution in [1.82, 2.24) is 0 Å². The molecule has 2 rings (SSSR count). The molecule has 1 unspecified atom stereocenters. The predicted molar refractivity (Wildman–Crippen MR) is 69.1 cm³/mol. The van der Waals surface area contributed by atoms with Crippen LogP contribution in [0.15, 0.2) is 24.3 Å². The Morgan fingerprint density at radius 1 is 1.24 bits per heavy atom. The van der Waals surface area contributed by atoms with E-state index in [2.05, 4.69) is 6.92 Å². The predicted octanol–water partition coefficient (Wildman–Crippen LogP) is 4.04. The van der Waals surface area contributed by atoms with Crippen LogP contribution in [0, 0.1) is 17.7 Å². The van der Waals surface area contributed by atoms with Gasteiger partial charge >= 0.3 is 0 Å². The van der Waals surface area contributed by atoms with Gasteiger partial charge in [-0.2, -0.15) is 0 Å². The third-order valence-corrected chi connectivity index (χ3v) is 4.24. The van der Waals surface area contributed by atoms with Gasteiger partial charge in [0.2, 0.25) is 0 Å². The van der Waals surface area contributed by atoms with Crippen molar-refractivity contribution in [3.8, 4) is 0 Å². The van der Waals surface area contributed by atoms with Gasteiger partial charge in [-0.05, 0) is 30.7 Å². The second kappa shape index (κ2) is 5.63.